The summed E-state index contributed by atoms with van der Waals surface area (Å²) < 4.78 is 44.5. The number of rotatable bonds is 4. The Kier molecular flexibility index (Phi) is 5.33. The number of carbonyl (C=O) groups is 1. The molecule has 23 heavy (non-hydrogen) atoms. The Labute approximate surface area is 133 Å². The van der Waals surface area contributed by atoms with E-state index in [9.17, 15) is 18.0 Å². The van der Waals surface area contributed by atoms with E-state index in [0.29, 0.717) is 5.69 Å². The monoisotopic (exact) mass is 333 g/mol. The summed E-state index contributed by atoms with van der Waals surface area (Å²) >= 11 is 0. The topological polar surface area (TPSA) is 72.4 Å². The summed E-state index contributed by atoms with van der Waals surface area (Å²) in [5, 5.41) is 3.85. The highest BCUT2D eigenvalue weighted by Crippen LogP contribution is 2.33. The van der Waals surface area contributed by atoms with Gasteiger partial charge < -0.3 is 15.2 Å². The predicted molar refractivity (Wildman–Crippen MR) is 77.9 cm³/mol. The van der Waals surface area contributed by atoms with E-state index in [-0.39, 0.29) is 31.1 Å². The van der Waals surface area contributed by atoms with Gasteiger partial charge in [-0.15, -0.1) is 0 Å². The van der Waals surface area contributed by atoms with Crippen LogP contribution in [-0.2, 0) is 0 Å². The van der Waals surface area contributed by atoms with Gasteiger partial charge in [-0.25, -0.2) is 0 Å². The van der Waals surface area contributed by atoms with E-state index >= 15 is 0 Å². The van der Waals surface area contributed by atoms with Gasteiger partial charge in [-0.3, -0.25) is 4.79 Å². The molecule has 0 radical (unpaired) electrons. The van der Waals surface area contributed by atoms with Crippen LogP contribution in [0.1, 0.15) is 61.7 Å². The van der Waals surface area contributed by atoms with Crippen molar-refractivity contribution in [1.82, 2.24) is 10.1 Å². The van der Waals surface area contributed by atoms with Crippen LogP contribution < -0.4 is 5.73 Å². The molecule has 0 spiro atoms. The highest BCUT2D eigenvalue weighted by molar-refractivity contribution is 5.92. The maximum atomic E-state index is 13.2. The van der Waals surface area contributed by atoms with Gasteiger partial charge in [0.2, 0.25) is 5.76 Å². The Balaban J connectivity index is 2.23. The number of nitrogens with zero attached hydrogens (tertiary/aromatic N) is 2. The van der Waals surface area contributed by atoms with Crippen molar-refractivity contribution >= 4 is 5.91 Å². The van der Waals surface area contributed by atoms with E-state index in [0.717, 1.165) is 17.7 Å². The molecule has 2 rings (SSSR count). The molecule has 0 aliphatic carbocycles. The van der Waals surface area contributed by atoms with Gasteiger partial charge in [0.25, 0.3) is 5.91 Å². The van der Waals surface area contributed by atoms with Gasteiger partial charge in [-0.1, -0.05) is 19.0 Å². The molecule has 1 aromatic rings. The van der Waals surface area contributed by atoms with Gasteiger partial charge in [0.1, 0.15) is 6.04 Å². The molecule has 2 unspecified atom stereocenters. The second-order valence-corrected chi connectivity index (χ2v) is 5.98. The zero-order chi connectivity index (χ0) is 17.2. The van der Waals surface area contributed by atoms with Gasteiger partial charge in [0.05, 0.1) is 5.69 Å². The lowest BCUT2D eigenvalue weighted by Gasteiger charge is -2.38. The Morgan fingerprint density at radius 2 is 2.09 bits per heavy atom. The summed E-state index contributed by atoms with van der Waals surface area (Å²) in [7, 11) is 0. The number of nitrogens with two attached hydrogens (primary N) is 1. The zero-order valence-electron chi connectivity index (χ0n) is 13.3. The zero-order valence-corrected chi connectivity index (χ0v) is 13.3. The molecule has 0 saturated carbocycles. The van der Waals surface area contributed by atoms with E-state index in [1.54, 1.807) is 0 Å². The molecule has 0 aromatic carbocycles. The Morgan fingerprint density at radius 1 is 1.43 bits per heavy atom. The van der Waals surface area contributed by atoms with Crippen LogP contribution in [0.25, 0.3) is 0 Å². The molecule has 1 aliphatic heterocycles. The van der Waals surface area contributed by atoms with Crippen molar-refractivity contribution in [2.75, 3.05) is 6.54 Å². The van der Waals surface area contributed by atoms with Crippen LogP contribution in [0.2, 0.25) is 0 Å². The van der Waals surface area contributed by atoms with Crippen molar-refractivity contribution in [2.24, 2.45) is 5.73 Å². The molecule has 1 saturated heterocycles. The molecular weight excluding hydrogens is 311 g/mol. The predicted octanol–water partition coefficient (Wildman–Crippen LogP) is 3.07. The van der Waals surface area contributed by atoms with Gasteiger partial charge in [-0.2, -0.15) is 13.2 Å². The first kappa shape index (κ1) is 17.8. The molecule has 8 heteroatoms. The fraction of sp³-hybridized carbons (Fsp3) is 0.733. The van der Waals surface area contributed by atoms with Crippen LogP contribution in [0.3, 0.4) is 0 Å². The van der Waals surface area contributed by atoms with Crippen molar-refractivity contribution < 1.29 is 22.5 Å². The largest absolute Gasteiger partial charge is 0.408 e. The lowest BCUT2D eigenvalue weighted by Crippen LogP contribution is -2.56. The highest BCUT2D eigenvalue weighted by Gasteiger charge is 2.48. The second kappa shape index (κ2) is 6.90. The van der Waals surface area contributed by atoms with E-state index in [2.05, 4.69) is 5.16 Å². The van der Waals surface area contributed by atoms with Crippen molar-refractivity contribution in [3.8, 4) is 0 Å². The SMILES string of the molecule is CCC(CC)c1cc(C(=O)N2CC(N)CCC2C(F)(F)F)on1. The minimum Gasteiger partial charge on any atom is -0.351 e. The molecular formula is C15H22F3N3O2. The standard InChI is InChI=1S/C15H22F3N3O2/c1-3-9(4-2)11-7-12(23-20-11)14(22)21-8-10(19)5-6-13(21)15(16,17)18/h7,9-10,13H,3-6,8,19H2,1-2H3. The summed E-state index contributed by atoms with van der Waals surface area (Å²) in [5.74, 6) is -0.829. The molecule has 2 heterocycles. The van der Waals surface area contributed by atoms with E-state index < -0.39 is 24.2 Å². The van der Waals surface area contributed by atoms with Crippen molar-refractivity contribution in [3.05, 3.63) is 17.5 Å². The summed E-state index contributed by atoms with van der Waals surface area (Å²) in [5.41, 5.74) is 6.34. The van der Waals surface area contributed by atoms with Gasteiger partial charge in [0.15, 0.2) is 0 Å². The van der Waals surface area contributed by atoms with Crippen LogP contribution in [0.4, 0.5) is 13.2 Å². The van der Waals surface area contributed by atoms with E-state index in [1.807, 2.05) is 13.8 Å². The second-order valence-electron chi connectivity index (χ2n) is 5.98. The van der Waals surface area contributed by atoms with Crippen LogP contribution >= 0.6 is 0 Å². The van der Waals surface area contributed by atoms with Gasteiger partial charge in [0, 0.05) is 24.6 Å². The third-order valence-corrected chi connectivity index (χ3v) is 4.40. The lowest BCUT2D eigenvalue weighted by atomic mass is 9.97. The van der Waals surface area contributed by atoms with Crippen molar-refractivity contribution in [3.63, 3.8) is 0 Å². The van der Waals surface area contributed by atoms with E-state index in [1.165, 1.54) is 6.07 Å². The summed E-state index contributed by atoms with van der Waals surface area (Å²) in [6.07, 6.45) is -2.80. The summed E-state index contributed by atoms with van der Waals surface area (Å²) in [4.78, 5) is 13.2. The molecule has 5 nitrogen and oxygen atoms in total. The number of likely N-dealkylation sites (tertiary alicyclic amines) is 1. The smallest absolute Gasteiger partial charge is 0.351 e. The first-order valence-electron chi connectivity index (χ1n) is 7.87. The average molecular weight is 333 g/mol. The van der Waals surface area contributed by atoms with Gasteiger partial charge in [-0.05, 0) is 25.7 Å². The Bertz CT molecular complexity index is 540. The lowest BCUT2D eigenvalue weighted by molar-refractivity contribution is -0.184. The molecule has 0 bridgehead atoms. The number of hydrogen-bond acceptors (Lipinski definition) is 4. The third kappa shape index (κ3) is 3.85. The maximum Gasteiger partial charge on any atom is 0.408 e. The maximum absolute atomic E-state index is 13.2. The first-order valence-corrected chi connectivity index (χ1v) is 7.87. The quantitative estimate of drug-likeness (QED) is 0.919. The van der Waals surface area contributed by atoms with Crippen molar-refractivity contribution in [1.29, 1.82) is 0 Å². The molecule has 2 atom stereocenters. The Hall–Kier alpha value is -1.57. The van der Waals surface area contributed by atoms with Crippen molar-refractivity contribution in [2.45, 2.75) is 63.7 Å². The number of halogens is 3. The number of carbonyl (C=O) groups excluding carboxylic acids is 1. The first-order chi connectivity index (χ1) is 10.8. The minimum atomic E-state index is -4.48. The summed E-state index contributed by atoms with van der Waals surface area (Å²) in [6, 6.07) is -0.830. The average Bonchev–Trinajstić information content (AvgIpc) is 2.96. The van der Waals surface area contributed by atoms with Crippen LogP contribution in [0.15, 0.2) is 10.6 Å². The fourth-order valence-corrected chi connectivity index (χ4v) is 2.99. The number of amides is 1. The van der Waals surface area contributed by atoms with Crippen LogP contribution in [0.5, 0.6) is 0 Å². The highest BCUT2D eigenvalue weighted by atomic mass is 19.4. The third-order valence-electron chi connectivity index (χ3n) is 4.40. The molecule has 1 aliphatic rings. The number of aromatic nitrogens is 1. The summed E-state index contributed by atoms with van der Waals surface area (Å²) in [6.45, 7) is 3.82. The fourth-order valence-electron chi connectivity index (χ4n) is 2.99. The van der Waals surface area contributed by atoms with Gasteiger partial charge >= 0.3 is 6.18 Å². The molecule has 130 valence electrons. The minimum absolute atomic E-state index is 0.127. The molecule has 2 N–H and O–H groups in total. The van der Waals surface area contributed by atoms with Crippen LogP contribution in [-0.4, -0.2) is 40.8 Å². The number of alkyl halides is 3. The number of hydrogen-bond donors (Lipinski definition) is 1. The normalized spacial score (nSPS) is 22.7. The number of piperidine rings is 1. The molecule has 1 aromatic heterocycles. The Morgan fingerprint density at radius 3 is 2.65 bits per heavy atom. The molecule has 1 amide bonds. The van der Waals surface area contributed by atoms with Crippen LogP contribution in [0, 0.1) is 0 Å². The van der Waals surface area contributed by atoms with E-state index in [4.69, 9.17) is 10.3 Å². The molecule has 1 fully saturated rings.